The fourth-order valence-electron chi connectivity index (χ4n) is 2.32. The van der Waals surface area contributed by atoms with Crippen molar-refractivity contribution in [2.75, 3.05) is 32.7 Å². The van der Waals surface area contributed by atoms with Crippen LogP contribution in [0.4, 0.5) is 0 Å². The monoisotopic (exact) mass is 267 g/mol. The predicted molar refractivity (Wildman–Crippen MR) is 73.6 cm³/mol. The average Bonchev–Trinajstić information content (AvgIpc) is 3.21. The van der Waals surface area contributed by atoms with Gasteiger partial charge in [-0.1, -0.05) is 13.8 Å². The molecule has 0 bridgehead atoms. The molecule has 0 radical (unpaired) electrons. The van der Waals surface area contributed by atoms with Crippen LogP contribution in [0.25, 0.3) is 0 Å². The second-order valence-electron chi connectivity index (χ2n) is 5.75. The van der Waals surface area contributed by atoms with Crippen LogP contribution in [-0.2, 0) is 9.59 Å². The van der Waals surface area contributed by atoms with Crippen molar-refractivity contribution in [3.63, 3.8) is 0 Å². The second-order valence-corrected chi connectivity index (χ2v) is 5.75. The summed E-state index contributed by atoms with van der Waals surface area (Å²) in [5, 5.41) is 3.00. The summed E-state index contributed by atoms with van der Waals surface area (Å²) in [6.07, 6.45) is 3.15. The number of hydrogen-bond acceptors (Lipinski definition) is 3. The van der Waals surface area contributed by atoms with Crippen LogP contribution in [0.1, 0.15) is 33.1 Å². The van der Waals surface area contributed by atoms with E-state index in [2.05, 4.69) is 10.2 Å². The van der Waals surface area contributed by atoms with E-state index in [1.165, 1.54) is 0 Å². The molecule has 1 aliphatic carbocycles. The van der Waals surface area contributed by atoms with Crippen LogP contribution in [-0.4, -0.2) is 60.4 Å². The Hall–Kier alpha value is -1.10. The van der Waals surface area contributed by atoms with E-state index in [0.717, 1.165) is 45.4 Å². The van der Waals surface area contributed by atoms with E-state index in [0.29, 0.717) is 12.6 Å². The minimum absolute atomic E-state index is 0.115. The standard InChI is InChI=1S/C14H25N3O2/c1-3-11(2)14(19)17-8-6-16(7-9-17)10-13(18)15-12-4-5-12/h11-12H,3-10H2,1-2H3,(H,15,18). The van der Waals surface area contributed by atoms with Gasteiger partial charge in [-0.2, -0.15) is 0 Å². The molecule has 1 heterocycles. The number of carbonyl (C=O) groups excluding carboxylic acids is 2. The van der Waals surface area contributed by atoms with Crippen LogP contribution in [0.5, 0.6) is 0 Å². The molecular formula is C14H25N3O2. The lowest BCUT2D eigenvalue weighted by Gasteiger charge is -2.35. The van der Waals surface area contributed by atoms with Crippen molar-refractivity contribution in [2.24, 2.45) is 5.92 Å². The molecule has 0 aromatic heterocycles. The summed E-state index contributed by atoms with van der Waals surface area (Å²) in [5.41, 5.74) is 0. The van der Waals surface area contributed by atoms with Gasteiger partial charge in [0, 0.05) is 38.1 Å². The van der Waals surface area contributed by atoms with Gasteiger partial charge in [-0.05, 0) is 19.3 Å². The summed E-state index contributed by atoms with van der Waals surface area (Å²) in [5.74, 6) is 0.499. The number of amides is 2. The minimum Gasteiger partial charge on any atom is -0.352 e. The number of nitrogens with zero attached hydrogens (tertiary/aromatic N) is 2. The van der Waals surface area contributed by atoms with Crippen LogP contribution in [0.3, 0.4) is 0 Å². The fourth-order valence-corrected chi connectivity index (χ4v) is 2.32. The third kappa shape index (κ3) is 4.20. The van der Waals surface area contributed by atoms with E-state index in [1.54, 1.807) is 0 Å². The van der Waals surface area contributed by atoms with E-state index in [4.69, 9.17) is 0 Å². The van der Waals surface area contributed by atoms with Crippen molar-refractivity contribution >= 4 is 11.8 Å². The molecule has 0 aromatic carbocycles. The Labute approximate surface area is 115 Å². The zero-order valence-corrected chi connectivity index (χ0v) is 12.0. The molecule has 5 nitrogen and oxygen atoms in total. The van der Waals surface area contributed by atoms with E-state index < -0.39 is 0 Å². The lowest BCUT2D eigenvalue weighted by molar-refractivity contribution is -0.137. The summed E-state index contributed by atoms with van der Waals surface area (Å²) >= 11 is 0. The molecular weight excluding hydrogens is 242 g/mol. The summed E-state index contributed by atoms with van der Waals surface area (Å²) < 4.78 is 0. The van der Waals surface area contributed by atoms with Gasteiger partial charge in [0.1, 0.15) is 0 Å². The number of hydrogen-bond donors (Lipinski definition) is 1. The van der Waals surface area contributed by atoms with Crippen LogP contribution in [0, 0.1) is 5.92 Å². The molecule has 5 heteroatoms. The maximum atomic E-state index is 12.0. The predicted octanol–water partition coefficient (Wildman–Crippen LogP) is 0.455. The molecule has 108 valence electrons. The third-order valence-electron chi connectivity index (χ3n) is 4.03. The Bertz CT molecular complexity index is 334. The minimum atomic E-state index is 0.115. The Kier molecular flexibility index (Phi) is 4.80. The normalized spacial score (nSPS) is 22.1. The summed E-state index contributed by atoms with van der Waals surface area (Å²) in [7, 11) is 0. The molecule has 0 aromatic rings. The molecule has 1 saturated heterocycles. The first-order chi connectivity index (χ1) is 9.10. The summed E-state index contributed by atoms with van der Waals surface area (Å²) in [4.78, 5) is 27.8. The van der Waals surface area contributed by atoms with Crippen molar-refractivity contribution in [2.45, 2.75) is 39.2 Å². The molecule has 2 aliphatic rings. The summed E-state index contributed by atoms with van der Waals surface area (Å²) in [6, 6.07) is 0.431. The zero-order valence-electron chi connectivity index (χ0n) is 12.0. The maximum absolute atomic E-state index is 12.0. The van der Waals surface area contributed by atoms with E-state index in [9.17, 15) is 9.59 Å². The van der Waals surface area contributed by atoms with Crippen LogP contribution >= 0.6 is 0 Å². The van der Waals surface area contributed by atoms with E-state index in [1.807, 2.05) is 18.7 Å². The number of nitrogens with one attached hydrogen (secondary N) is 1. The molecule has 2 amide bonds. The third-order valence-corrected chi connectivity index (χ3v) is 4.03. The highest BCUT2D eigenvalue weighted by molar-refractivity contribution is 5.79. The molecule has 2 fully saturated rings. The zero-order chi connectivity index (χ0) is 13.8. The van der Waals surface area contributed by atoms with Crippen molar-refractivity contribution in [3.05, 3.63) is 0 Å². The molecule has 1 aliphatic heterocycles. The maximum Gasteiger partial charge on any atom is 0.234 e. The molecule has 1 atom stereocenters. The molecule has 1 N–H and O–H groups in total. The van der Waals surface area contributed by atoms with Crippen molar-refractivity contribution in [3.8, 4) is 0 Å². The van der Waals surface area contributed by atoms with Crippen molar-refractivity contribution < 1.29 is 9.59 Å². The lowest BCUT2D eigenvalue weighted by atomic mass is 10.1. The average molecular weight is 267 g/mol. The SMILES string of the molecule is CCC(C)C(=O)N1CCN(CC(=O)NC2CC2)CC1. The Morgan fingerprint density at radius 3 is 2.37 bits per heavy atom. The first-order valence-electron chi connectivity index (χ1n) is 7.40. The highest BCUT2D eigenvalue weighted by atomic mass is 16.2. The topological polar surface area (TPSA) is 52.7 Å². The van der Waals surface area contributed by atoms with Crippen LogP contribution in [0.15, 0.2) is 0 Å². The van der Waals surface area contributed by atoms with Gasteiger partial charge in [0.05, 0.1) is 6.54 Å². The van der Waals surface area contributed by atoms with Crippen LogP contribution in [0.2, 0.25) is 0 Å². The molecule has 0 spiro atoms. The van der Waals surface area contributed by atoms with Crippen LogP contribution < -0.4 is 5.32 Å². The fraction of sp³-hybridized carbons (Fsp3) is 0.857. The largest absolute Gasteiger partial charge is 0.352 e. The van der Waals surface area contributed by atoms with Gasteiger partial charge in [0.25, 0.3) is 0 Å². The second kappa shape index (κ2) is 6.37. The van der Waals surface area contributed by atoms with Gasteiger partial charge in [0.2, 0.25) is 11.8 Å². The highest BCUT2D eigenvalue weighted by Crippen LogP contribution is 2.18. The molecule has 1 unspecified atom stereocenters. The van der Waals surface area contributed by atoms with Gasteiger partial charge in [-0.3, -0.25) is 14.5 Å². The Morgan fingerprint density at radius 1 is 1.21 bits per heavy atom. The van der Waals surface area contributed by atoms with Gasteiger partial charge < -0.3 is 10.2 Å². The molecule has 2 rings (SSSR count). The van der Waals surface area contributed by atoms with E-state index in [-0.39, 0.29) is 17.7 Å². The summed E-state index contributed by atoms with van der Waals surface area (Å²) in [6.45, 7) is 7.61. The molecule has 1 saturated carbocycles. The van der Waals surface area contributed by atoms with Gasteiger partial charge in [-0.15, -0.1) is 0 Å². The number of carbonyl (C=O) groups is 2. The van der Waals surface area contributed by atoms with Crippen molar-refractivity contribution in [1.82, 2.24) is 15.1 Å². The quantitative estimate of drug-likeness (QED) is 0.787. The van der Waals surface area contributed by atoms with Crippen molar-refractivity contribution in [1.29, 1.82) is 0 Å². The lowest BCUT2D eigenvalue weighted by Crippen LogP contribution is -2.52. The van der Waals surface area contributed by atoms with Gasteiger partial charge in [-0.25, -0.2) is 0 Å². The van der Waals surface area contributed by atoms with E-state index >= 15 is 0 Å². The smallest absolute Gasteiger partial charge is 0.234 e. The van der Waals surface area contributed by atoms with Gasteiger partial charge in [0.15, 0.2) is 0 Å². The Balaban J connectivity index is 1.69. The first-order valence-corrected chi connectivity index (χ1v) is 7.40. The Morgan fingerprint density at radius 2 is 1.84 bits per heavy atom. The molecule has 19 heavy (non-hydrogen) atoms. The number of piperazine rings is 1. The first kappa shape index (κ1) is 14.3. The highest BCUT2D eigenvalue weighted by Gasteiger charge is 2.27. The van der Waals surface area contributed by atoms with Gasteiger partial charge >= 0.3 is 0 Å². The number of rotatable bonds is 5.